The molecular formula is C81H126ClFN3O7+. The highest BCUT2D eigenvalue weighted by Gasteiger charge is 2.36. The maximum Gasteiger partial charge on any atom is 0.334 e. The minimum atomic E-state index is -0.608. The Morgan fingerprint density at radius 3 is 1.99 bits per heavy atom. The second-order valence-electron chi connectivity index (χ2n) is 26.3. The third kappa shape index (κ3) is 33.1. The van der Waals surface area contributed by atoms with Gasteiger partial charge in [-0.25, -0.2) is 9.18 Å². The number of rotatable bonds is 28. The highest BCUT2D eigenvalue weighted by molar-refractivity contribution is 6.32. The number of quaternary nitrogens is 1. The molecule has 0 radical (unpaired) electrons. The van der Waals surface area contributed by atoms with Crippen LogP contribution in [0.3, 0.4) is 0 Å². The van der Waals surface area contributed by atoms with Crippen LogP contribution in [0.15, 0.2) is 107 Å². The summed E-state index contributed by atoms with van der Waals surface area (Å²) in [6.45, 7) is 44.5. The molecule has 3 atom stereocenters. The van der Waals surface area contributed by atoms with Gasteiger partial charge in [-0.05, 0) is 184 Å². The zero-order valence-corrected chi connectivity index (χ0v) is 63.0. The average Bonchev–Trinajstić information content (AvgIpc) is 0.796. The number of esters is 1. The molecule has 3 aromatic rings. The van der Waals surface area contributed by atoms with Crippen LogP contribution in [0.25, 0.3) is 21.9 Å². The zero-order chi connectivity index (χ0) is 71.6. The van der Waals surface area contributed by atoms with Crippen molar-refractivity contribution < 1.29 is 42.3 Å². The number of halogens is 2. The van der Waals surface area contributed by atoms with Gasteiger partial charge in [-0.1, -0.05) is 166 Å². The van der Waals surface area contributed by atoms with E-state index in [1.165, 1.54) is 55.9 Å². The number of amides is 2. The predicted octanol–water partition coefficient (Wildman–Crippen LogP) is 20.8. The molecule has 93 heavy (non-hydrogen) atoms. The van der Waals surface area contributed by atoms with Crippen molar-refractivity contribution in [1.29, 1.82) is 0 Å². The summed E-state index contributed by atoms with van der Waals surface area (Å²) in [5.74, 6) is 1.53. The second kappa shape index (κ2) is 48.4. The topological polar surface area (TPSA) is 119 Å². The first kappa shape index (κ1) is 88.7. The Morgan fingerprint density at radius 2 is 1.49 bits per heavy atom. The molecule has 0 saturated carbocycles. The summed E-state index contributed by atoms with van der Waals surface area (Å²) in [4.78, 5) is 61.3. The molecule has 0 spiro atoms. The molecule has 1 aliphatic heterocycles. The van der Waals surface area contributed by atoms with E-state index in [1.807, 2.05) is 95.9 Å². The minimum Gasteiger partial charge on any atom is -0.493 e. The van der Waals surface area contributed by atoms with Gasteiger partial charge in [-0.15, -0.1) is 12.8 Å². The first-order valence-corrected chi connectivity index (χ1v) is 34.8. The van der Waals surface area contributed by atoms with Crippen molar-refractivity contribution in [3.63, 3.8) is 0 Å². The Bertz CT molecular complexity index is 2960. The molecule has 1 N–H and O–H groups in total. The van der Waals surface area contributed by atoms with Crippen LogP contribution in [-0.2, 0) is 28.7 Å². The summed E-state index contributed by atoms with van der Waals surface area (Å²) in [5.41, 5.74) is 9.56. The van der Waals surface area contributed by atoms with Crippen LogP contribution in [-0.4, -0.2) is 98.3 Å². The molecule has 1 heterocycles. The Morgan fingerprint density at radius 1 is 0.882 bits per heavy atom. The van der Waals surface area contributed by atoms with E-state index in [-0.39, 0.29) is 35.4 Å². The van der Waals surface area contributed by atoms with Crippen LogP contribution in [0, 0.1) is 43.3 Å². The number of ketones is 1. The van der Waals surface area contributed by atoms with E-state index < -0.39 is 5.60 Å². The monoisotopic (exact) mass is 1310 g/mol. The number of allylic oxidation sites excluding steroid dienone is 8. The van der Waals surface area contributed by atoms with Crippen molar-refractivity contribution in [1.82, 2.24) is 10.2 Å². The number of Topliss-reactive ketones (excluding diaryl/α,β-unsaturated/α-hetero) is 1. The van der Waals surface area contributed by atoms with Crippen LogP contribution in [0.1, 0.15) is 238 Å². The Hall–Kier alpha value is -6.35. The normalized spacial score (nSPS) is 14.4. The molecule has 3 aromatic carbocycles. The maximum absolute atomic E-state index is 13.8. The van der Waals surface area contributed by atoms with E-state index in [9.17, 15) is 28.4 Å². The maximum atomic E-state index is 13.8. The largest absolute Gasteiger partial charge is 0.493 e. The van der Waals surface area contributed by atoms with Crippen LogP contribution >= 0.6 is 11.6 Å². The van der Waals surface area contributed by atoms with Gasteiger partial charge in [0.15, 0.2) is 5.78 Å². The van der Waals surface area contributed by atoms with Gasteiger partial charge >= 0.3 is 5.97 Å². The van der Waals surface area contributed by atoms with Crippen LogP contribution < -0.4 is 10.1 Å². The lowest BCUT2D eigenvalue weighted by atomic mass is 9.82. The number of nitrogens with zero attached hydrogens (tertiary/aromatic N) is 2. The summed E-state index contributed by atoms with van der Waals surface area (Å²) >= 11 is 6.99. The molecule has 10 nitrogen and oxygen atoms in total. The standard InChI is InChI=1S/C38H48ClFNO3.C20H29NO3.C11H23NO.C7H16.C3H8.C2H2/c1-10-29(37(42)44-38(5,6)7)32(14-12-22-43-34-15-11-13-27-23-28(40)16-17-31(27)34)30-18-19-33(39)36(25(30)3)35-24(2)20-21-41(8,9)26(35)4;1-6-17(16(4)23)11-8-7-9-12-18(15(2)3)19(13-10-14-22)20(24)21-5;1-5-7-12(8-6-2)11(13)9-10(3)4;1-4-6-7(3)5-2;1-3-2;1-2/h11,13,15-19,23,26H,10,12,14,20-22H2,1-9H3;6,8-9,11-12,14,19H,7,10,13H2,1-5H3,(H,21,24);10H,5-9H2,1-4H3;7H,4-6H2,1-3H3;3H2,1-2H3;1-2H/q+1;;;;;/b32-29+;11-8-,12-9-,17-6+;;;;. The molecule has 1 aliphatic rings. The van der Waals surface area contributed by atoms with Crippen LogP contribution in [0.5, 0.6) is 5.75 Å². The molecule has 12 heteroatoms. The van der Waals surface area contributed by atoms with E-state index in [2.05, 4.69) is 121 Å². The Labute approximate surface area is 571 Å². The van der Waals surface area contributed by atoms with Crippen molar-refractivity contribution in [2.24, 2.45) is 17.8 Å². The van der Waals surface area contributed by atoms with Gasteiger partial charge in [0, 0.05) is 72.1 Å². The van der Waals surface area contributed by atoms with Gasteiger partial charge in [0.2, 0.25) is 11.8 Å². The SMILES string of the molecule is C#C.C/C=C(\C=C/C/C=C\C(=C(C)C)C(CCC=O)C(=O)NC)C(C)=O.CC/C(C(=O)OC(C)(C)C)=C(/CCCOc1cccc2cc(F)ccc12)c1ccc(Cl)c(C2=C(C)CC[N+](C)(C)C2C)c1C.CCC.CCCC(C)CC.CCCN(CCC)C(=O)CC(C)C. The van der Waals surface area contributed by atoms with Crippen molar-refractivity contribution in [3.8, 4) is 18.6 Å². The molecule has 0 fully saturated rings. The third-order valence-electron chi connectivity index (χ3n) is 16.1. The van der Waals surface area contributed by atoms with Gasteiger partial charge in [-0.3, -0.25) is 14.4 Å². The molecule has 0 aliphatic carbocycles. The summed E-state index contributed by atoms with van der Waals surface area (Å²) in [5, 5.41) is 5.07. The summed E-state index contributed by atoms with van der Waals surface area (Å²) < 4.78 is 26.8. The number of benzene rings is 3. The minimum absolute atomic E-state index is 0.0382. The van der Waals surface area contributed by atoms with E-state index in [0.717, 1.165) is 111 Å². The van der Waals surface area contributed by atoms with E-state index in [1.54, 1.807) is 25.3 Å². The van der Waals surface area contributed by atoms with E-state index >= 15 is 0 Å². The number of terminal acetylenes is 1. The van der Waals surface area contributed by atoms with E-state index in [4.69, 9.17) is 21.1 Å². The number of likely N-dealkylation sites (N-methyl/N-ethyl adjacent to an activating group) is 1. The van der Waals surface area contributed by atoms with E-state index in [0.29, 0.717) is 74.5 Å². The van der Waals surface area contributed by atoms with Crippen molar-refractivity contribution >= 4 is 63.4 Å². The van der Waals surface area contributed by atoms with Crippen molar-refractivity contribution in [3.05, 3.63) is 134 Å². The summed E-state index contributed by atoms with van der Waals surface area (Å²) in [6, 6.07) is 14.7. The molecular weight excluding hydrogens is 1180 g/mol. The predicted molar refractivity (Wildman–Crippen MR) is 397 cm³/mol. The number of nitrogens with one attached hydrogen (secondary N) is 1. The highest BCUT2D eigenvalue weighted by atomic mass is 35.5. The fourth-order valence-electron chi connectivity index (χ4n) is 10.7. The van der Waals surface area contributed by atoms with Crippen LogP contribution in [0.4, 0.5) is 4.39 Å². The van der Waals surface area contributed by atoms with Gasteiger partial charge in [0.25, 0.3) is 0 Å². The molecule has 2 amide bonds. The molecule has 0 bridgehead atoms. The lowest BCUT2D eigenvalue weighted by Crippen LogP contribution is -2.51. The molecule has 0 aromatic heterocycles. The number of carbonyl (C=O) groups excluding carboxylic acids is 5. The zero-order valence-electron chi connectivity index (χ0n) is 62.3. The first-order chi connectivity index (χ1) is 43.9. The van der Waals surface area contributed by atoms with Gasteiger partial charge in [0.05, 0.1) is 33.2 Å². The quantitative estimate of drug-likeness (QED) is 0.0146. The molecule has 520 valence electrons. The molecule has 3 unspecified atom stereocenters. The van der Waals surface area contributed by atoms with Crippen molar-refractivity contribution in [2.75, 3.05) is 47.4 Å². The van der Waals surface area contributed by atoms with Gasteiger partial charge in [0.1, 0.15) is 29.5 Å². The third-order valence-corrected chi connectivity index (χ3v) is 16.4. The number of hydrogen-bond donors (Lipinski definition) is 1. The number of fused-ring (bicyclic) bond motifs is 1. The number of hydrogen-bond acceptors (Lipinski definition) is 7. The number of ether oxygens (including phenoxy) is 2. The fourth-order valence-corrected chi connectivity index (χ4v) is 11.0. The number of aldehydes is 1. The van der Waals surface area contributed by atoms with Crippen molar-refractivity contribution in [2.45, 2.75) is 240 Å². The lowest BCUT2D eigenvalue weighted by Gasteiger charge is -2.42. The second-order valence-corrected chi connectivity index (χ2v) is 26.7. The van der Waals surface area contributed by atoms with Gasteiger partial charge < -0.3 is 29.0 Å². The Kier molecular flexibility index (Phi) is 46.1. The number of carbonyl (C=O) groups is 5. The highest BCUT2D eigenvalue weighted by Crippen LogP contribution is 2.43. The van der Waals surface area contributed by atoms with Crippen LogP contribution in [0.2, 0.25) is 5.02 Å². The smallest absolute Gasteiger partial charge is 0.334 e. The molecule has 4 rings (SSSR count). The molecule has 0 saturated heterocycles. The summed E-state index contributed by atoms with van der Waals surface area (Å²) in [6.07, 6.45) is 30.8. The summed E-state index contributed by atoms with van der Waals surface area (Å²) in [7, 11) is 6.16. The average molecular weight is 1310 g/mol. The Balaban J connectivity index is 0. The van der Waals surface area contributed by atoms with Gasteiger partial charge in [-0.2, -0.15) is 0 Å². The lowest BCUT2D eigenvalue weighted by molar-refractivity contribution is -0.905. The first-order valence-electron chi connectivity index (χ1n) is 34.4. The fraction of sp³-hybridized carbons (Fsp3) is 0.568.